The van der Waals surface area contributed by atoms with Crippen LogP contribution in [0.2, 0.25) is 0 Å². The Morgan fingerprint density at radius 1 is 1.12 bits per heavy atom. The Hall–Kier alpha value is -2.92. The molecule has 0 bridgehead atoms. The lowest BCUT2D eigenvalue weighted by atomic mass is 10.0. The molecule has 0 saturated carbocycles. The fourth-order valence-corrected chi connectivity index (χ4v) is 4.14. The van der Waals surface area contributed by atoms with Gasteiger partial charge in [0.2, 0.25) is 0 Å². The SMILES string of the molecule is Cc1ccc(Cc2c(C(=O)Nc3cc(C)[nH]n3)sc3ccccc23)cc1. The number of amides is 1. The molecule has 4 rings (SSSR count). The quantitative estimate of drug-likeness (QED) is 0.532. The average Bonchev–Trinajstić information content (AvgIpc) is 3.21. The van der Waals surface area contributed by atoms with Gasteiger partial charge in [0.05, 0.1) is 4.88 Å². The number of H-pyrrole nitrogens is 1. The third-order valence-corrected chi connectivity index (χ3v) is 5.57. The molecular formula is C21H19N3OS. The Balaban J connectivity index is 1.73. The van der Waals surface area contributed by atoms with Crippen LogP contribution in [0.1, 0.15) is 32.1 Å². The van der Waals surface area contributed by atoms with Crippen molar-refractivity contribution in [2.24, 2.45) is 0 Å². The molecule has 4 aromatic rings. The predicted octanol–water partition coefficient (Wildman–Crippen LogP) is 5.08. The highest BCUT2D eigenvalue weighted by atomic mass is 32.1. The number of nitrogens with zero attached hydrogens (tertiary/aromatic N) is 1. The van der Waals surface area contributed by atoms with Gasteiger partial charge in [-0.1, -0.05) is 48.0 Å². The normalized spacial score (nSPS) is 11.0. The van der Waals surface area contributed by atoms with E-state index in [0.717, 1.165) is 32.6 Å². The second-order valence-corrected chi connectivity index (χ2v) is 7.51. The summed E-state index contributed by atoms with van der Waals surface area (Å²) in [5, 5.41) is 11.0. The van der Waals surface area contributed by atoms with E-state index in [1.165, 1.54) is 22.5 Å². The number of nitrogens with one attached hydrogen (secondary N) is 2. The first-order valence-electron chi connectivity index (χ1n) is 8.49. The van der Waals surface area contributed by atoms with E-state index >= 15 is 0 Å². The number of aromatic amines is 1. The molecule has 0 radical (unpaired) electrons. The van der Waals surface area contributed by atoms with E-state index in [1.807, 2.05) is 25.1 Å². The molecule has 0 aliphatic carbocycles. The molecular weight excluding hydrogens is 342 g/mol. The van der Waals surface area contributed by atoms with Crippen molar-refractivity contribution in [3.8, 4) is 0 Å². The summed E-state index contributed by atoms with van der Waals surface area (Å²) >= 11 is 1.53. The number of hydrogen-bond acceptors (Lipinski definition) is 3. The van der Waals surface area contributed by atoms with Crippen molar-refractivity contribution < 1.29 is 4.79 Å². The second-order valence-electron chi connectivity index (χ2n) is 6.46. The summed E-state index contributed by atoms with van der Waals surface area (Å²) in [6.45, 7) is 3.99. The van der Waals surface area contributed by atoms with Gasteiger partial charge in [0.15, 0.2) is 5.82 Å². The van der Waals surface area contributed by atoms with E-state index in [1.54, 1.807) is 0 Å². The number of aromatic nitrogens is 2. The highest BCUT2D eigenvalue weighted by molar-refractivity contribution is 7.21. The standard InChI is InChI=1S/C21H19N3OS/c1-13-7-9-15(10-8-13)12-17-16-5-3-4-6-18(16)26-20(17)21(25)22-19-11-14(2)23-24-19/h3-11H,12H2,1-2H3,(H2,22,23,24,25). The fourth-order valence-electron chi connectivity index (χ4n) is 3.02. The maximum atomic E-state index is 12.9. The Kier molecular flexibility index (Phi) is 4.31. The molecule has 26 heavy (non-hydrogen) atoms. The third-order valence-electron chi connectivity index (χ3n) is 4.35. The van der Waals surface area contributed by atoms with E-state index in [0.29, 0.717) is 5.82 Å². The smallest absolute Gasteiger partial charge is 0.267 e. The van der Waals surface area contributed by atoms with Crippen molar-refractivity contribution in [1.29, 1.82) is 0 Å². The van der Waals surface area contributed by atoms with Gasteiger partial charge < -0.3 is 5.32 Å². The van der Waals surface area contributed by atoms with Gasteiger partial charge in [0, 0.05) is 16.5 Å². The van der Waals surface area contributed by atoms with Gasteiger partial charge in [0.25, 0.3) is 5.91 Å². The van der Waals surface area contributed by atoms with Crippen LogP contribution in [0.5, 0.6) is 0 Å². The lowest BCUT2D eigenvalue weighted by molar-refractivity contribution is 0.102. The van der Waals surface area contributed by atoms with Gasteiger partial charge in [-0.05, 0) is 42.8 Å². The minimum atomic E-state index is -0.111. The molecule has 2 aromatic carbocycles. The molecule has 1 amide bonds. The summed E-state index contributed by atoms with van der Waals surface area (Å²) in [4.78, 5) is 13.6. The summed E-state index contributed by atoms with van der Waals surface area (Å²) < 4.78 is 1.12. The van der Waals surface area contributed by atoms with E-state index in [4.69, 9.17) is 0 Å². The number of fused-ring (bicyclic) bond motifs is 1. The zero-order chi connectivity index (χ0) is 18.1. The molecule has 2 aromatic heterocycles. The molecule has 4 nitrogen and oxygen atoms in total. The van der Waals surface area contributed by atoms with E-state index < -0.39 is 0 Å². The molecule has 0 atom stereocenters. The number of carbonyl (C=O) groups excluding carboxylic acids is 1. The zero-order valence-corrected chi connectivity index (χ0v) is 15.5. The fraction of sp³-hybridized carbons (Fsp3) is 0.143. The van der Waals surface area contributed by atoms with Gasteiger partial charge in [-0.25, -0.2) is 0 Å². The topological polar surface area (TPSA) is 57.8 Å². The maximum Gasteiger partial charge on any atom is 0.267 e. The van der Waals surface area contributed by atoms with Crippen LogP contribution < -0.4 is 5.32 Å². The number of hydrogen-bond donors (Lipinski definition) is 2. The number of anilines is 1. The average molecular weight is 361 g/mol. The minimum Gasteiger partial charge on any atom is -0.304 e. The molecule has 0 aliphatic heterocycles. The Bertz CT molecular complexity index is 1080. The van der Waals surface area contributed by atoms with E-state index in [-0.39, 0.29) is 5.91 Å². The van der Waals surface area contributed by atoms with Crippen molar-refractivity contribution in [1.82, 2.24) is 10.2 Å². The Morgan fingerprint density at radius 3 is 2.62 bits per heavy atom. The van der Waals surface area contributed by atoms with Crippen LogP contribution in [0.3, 0.4) is 0 Å². The van der Waals surface area contributed by atoms with Crippen LogP contribution in [0, 0.1) is 13.8 Å². The largest absolute Gasteiger partial charge is 0.304 e. The number of rotatable bonds is 4. The van der Waals surface area contributed by atoms with Crippen molar-refractivity contribution in [3.05, 3.63) is 81.9 Å². The van der Waals surface area contributed by atoms with Crippen LogP contribution >= 0.6 is 11.3 Å². The van der Waals surface area contributed by atoms with Crippen molar-refractivity contribution in [3.63, 3.8) is 0 Å². The van der Waals surface area contributed by atoms with Crippen molar-refractivity contribution in [2.45, 2.75) is 20.3 Å². The monoisotopic (exact) mass is 361 g/mol. The molecule has 0 saturated heterocycles. The Morgan fingerprint density at radius 2 is 1.88 bits per heavy atom. The van der Waals surface area contributed by atoms with Crippen LogP contribution in [-0.2, 0) is 6.42 Å². The summed E-state index contributed by atoms with van der Waals surface area (Å²) in [6, 6.07) is 18.5. The lowest BCUT2D eigenvalue weighted by Crippen LogP contribution is -2.12. The second kappa shape index (κ2) is 6.77. The van der Waals surface area contributed by atoms with Crippen LogP contribution in [0.4, 0.5) is 5.82 Å². The van der Waals surface area contributed by atoms with Gasteiger partial charge in [-0.15, -0.1) is 11.3 Å². The molecule has 0 spiro atoms. The van der Waals surface area contributed by atoms with Crippen LogP contribution in [0.25, 0.3) is 10.1 Å². The summed E-state index contributed by atoms with van der Waals surface area (Å²) in [7, 11) is 0. The molecule has 2 heterocycles. The molecule has 0 fully saturated rings. The van der Waals surface area contributed by atoms with E-state index in [2.05, 4.69) is 58.8 Å². The van der Waals surface area contributed by atoms with Crippen molar-refractivity contribution in [2.75, 3.05) is 5.32 Å². The zero-order valence-electron chi connectivity index (χ0n) is 14.7. The number of carbonyl (C=O) groups is 1. The van der Waals surface area contributed by atoms with Crippen LogP contribution in [0.15, 0.2) is 54.6 Å². The lowest BCUT2D eigenvalue weighted by Gasteiger charge is -2.06. The minimum absolute atomic E-state index is 0.111. The number of benzene rings is 2. The van der Waals surface area contributed by atoms with Gasteiger partial charge in [-0.2, -0.15) is 5.10 Å². The first-order chi connectivity index (χ1) is 12.6. The van der Waals surface area contributed by atoms with E-state index in [9.17, 15) is 4.79 Å². The summed E-state index contributed by atoms with van der Waals surface area (Å²) in [5.41, 5.74) is 4.41. The van der Waals surface area contributed by atoms with Gasteiger partial charge in [0.1, 0.15) is 0 Å². The molecule has 2 N–H and O–H groups in total. The number of aryl methyl sites for hydroxylation is 2. The molecule has 5 heteroatoms. The molecule has 130 valence electrons. The first-order valence-corrected chi connectivity index (χ1v) is 9.31. The third kappa shape index (κ3) is 3.26. The highest BCUT2D eigenvalue weighted by Gasteiger charge is 2.19. The van der Waals surface area contributed by atoms with Crippen LogP contribution in [-0.4, -0.2) is 16.1 Å². The Labute approximate surface area is 155 Å². The van der Waals surface area contributed by atoms with Crippen molar-refractivity contribution >= 4 is 33.1 Å². The predicted molar refractivity (Wildman–Crippen MR) is 107 cm³/mol. The summed E-state index contributed by atoms with van der Waals surface area (Å²) in [6.07, 6.45) is 0.729. The molecule has 0 aliphatic rings. The first kappa shape index (κ1) is 16.5. The van der Waals surface area contributed by atoms with Gasteiger partial charge in [-0.3, -0.25) is 9.89 Å². The molecule has 0 unspecified atom stereocenters. The van der Waals surface area contributed by atoms with Gasteiger partial charge >= 0.3 is 0 Å². The maximum absolute atomic E-state index is 12.9. The number of thiophene rings is 1. The summed E-state index contributed by atoms with van der Waals surface area (Å²) in [5.74, 6) is 0.436. The highest BCUT2D eigenvalue weighted by Crippen LogP contribution is 2.33.